The van der Waals surface area contributed by atoms with Gasteiger partial charge in [0, 0.05) is 25.4 Å². The lowest BCUT2D eigenvalue weighted by atomic mass is 10.2. The Balaban J connectivity index is 1.70. The van der Waals surface area contributed by atoms with Gasteiger partial charge in [0.05, 0.1) is 23.4 Å². The smallest absolute Gasteiger partial charge is 0.264 e. The number of para-hydroxylation sites is 2. The van der Waals surface area contributed by atoms with E-state index in [1.54, 1.807) is 48.7 Å². The molecule has 31 heavy (non-hydrogen) atoms. The van der Waals surface area contributed by atoms with Gasteiger partial charge in [-0.25, -0.2) is 8.42 Å². The Morgan fingerprint density at radius 1 is 1.10 bits per heavy atom. The van der Waals surface area contributed by atoms with Crippen molar-refractivity contribution in [3.05, 3.63) is 84.2 Å². The summed E-state index contributed by atoms with van der Waals surface area (Å²) >= 11 is 0. The zero-order chi connectivity index (χ0) is 22.4. The number of nitrogens with zero attached hydrogens (tertiary/aromatic N) is 2. The van der Waals surface area contributed by atoms with E-state index in [0.29, 0.717) is 17.1 Å². The molecule has 0 aliphatic carbocycles. The third-order valence-corrected chi connectivity index (χ3v) is 6.47. The first-order valence-corrected chi connectivity index (χ1v) is 10.9. The van der Waals surface area contributed by atoms with E-state index in [1.165, 1.54) is 38.4 Å². The Bertz CT molecular complexity index is 1140. The number of nitrogens with one attached hydrogen (secondary N) is 1. The molecule has 0 saturated heterocycles. The lowest BCUT2D eigenvalue weighted by Crippen LogP contribution is -2.29. The van der Waals surface area contributed by atoms with Crippen LogP contribution in [0.5, 0.6) is 5.75 Å². The molecule has 2 N–H and O–H groups in total. The number of hydrogen-bond donors (Lipinski definition) is 2. The summed E-state index contributed by atoms with van der Waals surface area (Å²) < 4.78 is 32.3. The second-order valence-corrected chi connectivity index (χ2v) is 8.62. The van der Waals surface area contributed by atoms with Crippen molar-refractivity contribution in [1.82, 2.24) is 10.3 Å². The minimum atomic E-state index is -3.86. The van der Waals surface area contributed by atoms with Crippen molar-refractivity contribution in [2.24, 2.45) is 0 Å². The Kier molecular flexibility index (Phi) is 6.88. The van der Waals surface area contributed by atoms with Crippen molar-refractivity contribution in [3.8, 4) is 5.75 Å². The van der Waals surface area contributed by atoms with Crippen LogP contribution >= 0.6 is 0 Å². The number of benzene rings is 2. The van der Waals surface area contributed by atoms with Gasteiger partial charge in [0.25, 0.3) is 15.9 Å². The number of amides is 1. The first-order chi connectivity index (χ1) is 14.8. The Morgan fingerprint density at radius 2 is 1.77 bits per heavy atom. The van der Waals surface area contributed by atoms with Crippen LogP contribution in [-0.4, -0.2) is 45.1 Å². The van der Waals surface area contributed by atoms with Gasteiger partial charge in [-0.1, -0.05) is 18.2 Å². The number of carbonyl (C=O) groups is 1. The monoisotopic (exact) mass is 441 g/mol. The van der Waals surface area contributed by atoms with Crippen LogP contribution in [-0.2, 0) is 10.0 Å². The van der Waals surface area contributed by atoms with Crippen LogP contribution < -0.4 is 14.4 Å². The molecule has 1 atom stereocenters. The van der Waals surface area contributed by atoms with E-state index in [-0.39, 0.29) is 17.0 Å². The van der Waals surface area contributed by atoms with Crippen LogP contribution in [0.15, 0.2) is 77.8 Å². The van der Waals surface area contributed by atoms with Crippen molar-refractivity contribution in [1.29, 1.82) is 0 Å². The van der Waals surface area contributed by atoms with E-state index >= 15 is 0 Å². The van der Waals surface area contributed by atoms with Crippen molar-refractivity contribution >= 4 is 21.6 Å². The summed E-state index contributed by atoms with van der Waals surface area (Å²) in [5.41, 5.74) is 1.12. The topological polar surface area (TPSA) is 109 Å². The molecule has 3 rings (SSSR count). The Labute approximate surface area is 181 Å². The van der Waals surface area contributed by atoms with Gasteiger partial charge in [-0.3, -0.25) is 14.1 Å². The SMILES string of the molecule is COc1ccccc1N(C)S(=O)(=O)c1ccc(C(=O)NC[C@H](O)c2ccccn2)cc1. The fraction of sp³-hybridized carbons (Fsp3) is 0.182. The molecule has 162 valence electrons. The van der Waals surface area contributed by atoms with Crippen LogP contribution in [0.4, 0.5) is 5.69 Å². The molecule has 1 heterocycles. The summed E-state index contributed by atoms with van der Waals surface area (Å²) in [6, 6.07) is 17.5. The predicted octanol–water partition coefficient (Wildman–Crippen LogP) is 2.38. The molecule has 0 unspecified atom stereocenters. The fourth-order valence-corrected chi connectivity index (χ4v) is 4.13. The van der Waals surface area contributed by atoms with Gasteiger partial charge in [0.2, 0.25) is 0 Å². The number of methoxy groups -OCH3 is 1. The van der Waals surface area contributed by atoms with Crippen molar-refractivity contribution in [2.75, 3.05) is 25.0 Å². The number of sulfonamides is 1. The molecule has 0 fully saturated rings. The molecule has 2 aromatic carbocycles. The van der Waals surface area contributed by atoms with E-state index < -0.39 is 22.0 Å². The molecule has 8 nitrogen and oxygen atoms in total. The molecule has 0 bridgehead atoms. The highest BCUT2D eigenvalue weighted by Gasteiger charge is 2.24. The number of aliphatic hydroxyl groups is 1. The van der Waals surface area contributed by atoms with Gasteiger partial charge < -0.3 is 15.2 Å². The second kappa shape index (κ2) is 9.59. The van der Waals surface area contributed by atoms with Gasteiger partial charge in [-0.05, 0) is 48.5 Å². The van der Waals surface area contributed by atoms with E-state index in [2.05, 4.69) is 10.3 Å². The van der Waals surface area contributed by atoms with Gasteiger partial charge in [-0.2, -0.15) is 0 Å². The summed E-state index contributed by atoms with van der Waals surface area (Å²) in [5, 5.41) is 12.7. The molecule has 1 aromatic heterocycles. The third-order valence-electron chi connectivity index (χ3n) is 4.68. The maximum atomic E-state index is 13.0. The predicted molar refractivity (Wildman–Crippen MR) is 117 cm³/mol. The van der Waals surface area contributed by atoms with Gasteiger partial charge in [0.15, 0.2) is 0 Å². The van der Waals surface area contributed by atoms with Crippen molar-refractivity contribution in [3.63, 3.8) is 0 Å². The highest BCUT2D eigenvalue weighted by Crippen LogP contribution is 2.30. The lowest BCUT2D eigenvalue weighted by molar-refractivity contribution is 0.0914. The van der Waals surface area contributed by atoms with E-state index in [9.17, 15) is 18.3 Å². The minimum absolute atomic E-state index is 0.0214. The van der Waals surface area contributed by atoms with E-state index in [4.69, 9.17) is 4.74 Å². The van der Waals surface area contributed by atoms with Crippen LogP contribution in [0.1, 0.15) is 22.2 Å². The standard InChI is InChI=1S/C22H23N3O5S/c1-25(19-8-3-4-9-21(19)30-2)31(28,29)17-12-10-16(11-13-17)22(27)24-15-20(26)18-7-5-6-14-23-18/h3-14,20,26H,15H2,1-2H3,(H,24,27)/t20-/m0/s1. The summed E-state index contributed by atoms with van der Waals surface area (Å²) in [6.07, 6.45) is 0.612. The Morgan fingerprint density at radius 3 is 2.42 bits per heavy atom. The molecule has 1 amide bonds. The largest absolute Gasteiger partial charge is 0.495 e. The molecular formula is C22H23N3O5S. The fourth-order valence-electron chi connectivity index (χ4n) is 2.92. The average molecular weight is 442 g/mol. The average Bonchev–Trinajstić information content (AvgIpc) is 2.82. The van der Waals surface area contributed by atoms with Crippen LogP contribution in [0.2, 0.25) is 0 Å². The maximum Gasteiger partial charge on any atom is 0.264 e. The highest BCUT2D eigenvalue weighted by atomic mass is 32.2. The summed E-state index contributed by atoms with van der Waals surface area (Å²) in [6.45, 7) is -0.0214. The Hall–Kier alpha value is -3.43. The molecule has 0 radical (unpaired) electrons. The molecule has 3 aromatic rings. The van der Waals surface area contributed by atoms with E-state index in [1.807, 2.05) is 0 Å². The zero-order valence-electron chi connectivity index (χ0n) is 17.1. The number of hydrogen-bond acceptors (Lipinski definition) is 6. The van der Waals surface area contributed by atoms with Crippen LogP contribution in [0, 0.1) is 0 Å². The molecule has 0 aliphatic rings. The molecule has 0 saturated carbocycles. The van der Waals surface area contributed by atoms with Crippen LogP contribution in [0.3, 0.4) is 0 Å². The number of carbonyl (C=O) groups excluding carboxylic acids is 1. The van der Waals surface area contributed by atoms with Gasteiger partial charge in [-0.15, -0.1) is 0 Å². The molecule has 9 heteroatoms. The van der Waals surface area contributed by atoms with Crippen molar-refractivity contribution in [2.45, 2.75) is 11.0 Å². The normalized spacial score (nSPS) is 12.1. The summed E-state index contributed by atoms with van der Waals surface area (Å²) in [5.74, 6) is -0.00644. The summed E-state index contributed by atoms with van der Waals surface area (Å²) in [4.78, 5) is 16.4. The summed E-state index contributed by atoms with van der Waals surface area (Å²) in [7, 11) is -0.948. The second-order valence-electron chi connectivity index (χ2n) is 6.65. The number of aliphatic hydroxyl groups excluding tert-OH is 1. The van der Waals surface area contributed by atoms with E-state index in [0.717, 1.165) is 4.31 Å². The zero-order valence-corrected chi connectivity index (χ0v) is 17.9. The number of ether oxygens (including phenoxy) is 1. The van der Waals surface area contributed by atoms with Gasteiger partial charge >= 0.3 is 0 Å². The molecule has 0 aliphatic heterocycles. The van der Waals surface area contributed by atoms with Crippen molar-refractivity contribution < 1.29 is 23.1 Å². The number of pyridine rings is 1. The number of aromatic nitrogens is 1. The highest BCUT2D eigenvalue weighted by molar-refractivity contribution is 7.92. The first-order valence-electron chi connectivity index (χ1n) is 9.44. The first kappa shape index (κ1) is 22.3. The maximum absolute atomic E-state index is 13.0. The van der Waals surface area contributed by atoms with Gasteiger partial charge in [0.1, 0.15) is 11.9 Å². The minimum Gasteiger partial charge on any atom is -0.495 e. The molecule has 0 spiro atoms. The molecular weight excluding hydrogens is 418 g/mol. The lowest BCUT2D eigenvalue weighted by Gasteiger charge is -2.21. The number of rotatable bonds is 8. The van der Waals surface area contributed by atoms with Crippen LogP contribution in [0.25, 0.3) is 0 Å². The quantitative estimate of drug-likeness (QED) is 0.556. The number of anilines is 1. The third kappa shape index (κ3) is 5.01.